The molecule has 3 rings (SSSR count). The topological polar surface area (TPSA) is 0 Å². The molecule has 0 bridgehead atoms. The SMILES string of the molecule is CCCCCC1=Cc2c(cccc2-c2ccccc2)C1.[Cl][Zr][Cl]. The molecule has 0 aromatic heterocycles. The summed E-state index contributed by atoms with van der Waals surface area (Å²) in [5, 5.41) is 0. The van der Waals surface area contributed by atoms with E-state index in [2.05, 4.69) is 61.5 Å². The van der Waals surface area contributed by atoms with Gasteiger partial charge >= 0.3 is 37.9 Å². The van der Waals surface area contributed by atoms with Gasteiger partial charge in [-0.1, -0.05) is 79.9 Å². The summed E-state index contributed by atoms with van der Waals surface area (Å²) in [5.41, 5.74) is 7.27. The third-order valence-electron chi connectivity index (χ3n) is 4.15. The van der Waals surface area contributed by atoms with Gasteiger partial charge in [0.1, 0.15) is 0 Å². The second-order valence-corrected chi connectivity index (χ2v) is 9.48. The molecule has 0 amide bonds. The molecule has 0 N–H and O–H groups in total. The summed E-state index contributed by atoms with van der Waals surface area (Å²) in [6, 6.07) is 17.5. The monoisotopic (exact) mass is 422 g/mol. The van der Waals surface area contributed by atoms with E-state index in [1.165, 1.54) is 47.9 Å². The summed E-state index contributed by atoms with van der Waals surface area (Å²) in [6.07, 6.45) is 8.83. The quantitative estimate of drug-likeness (QED) is 0.444. The van der Waals surface area contributed by atoms with Crippen molar-refractivity contribution in [2.24, 2.45) is 0 Å². The molecule has 0 unspecified atom stereocenters. The molecule has 2 aromatic carbocycles. The van der Waals surface area contributed by atoms with Crippen molar-refractivity contribution in [3.63, 3.8) is 0 Å². The Hall–Kier alpha value is -0.357. The summed E-state index contributed by atoms with van der Waals surface area (Å²) in [4.78, 5) is 0. The van der Waals surface area contributed by atoms with Gasteiger partial charge in [0.05, 0.1) is 0 Å². The van der Waals surface area contributed by atoms with E-state index in [4.69, 9.17) is 17.0 Å². The Balaban J connectivity index is 0.000000595. The van der Waals surface area contributed by atoms with Gasteiger partial charge in [-0.15, -0.1) is 0 Å². The fourth-order valence-corrected chi connectivity index (χ4v) is 3.07. The predicted octanol–water partition coefficient (Wildman–Crippen LogP) is 7.25. The van der Waals surface area contributed by atoms with E-state index in [9.17, 15) is 0 Å². The first kappa shape index (κ1) is 19.0. The average molecular weight is 425 g/mol. The average Bonchev–Trinajstić information content (AvgIpc) is 2.99. The molecule has 0 nitrogen and oxygen atoms in total. The molecule has 1 aliphatic rings. The third kappa shape index (κ3) is 5.59. The van der Waals surface area contributed by atoms with Crippen LogP contribution < -0.4 is 0 Å². The van der Waals surface area contributed by atoms with Crippen LogP contribution in [0.15, 0.2) is 54.1 Å². The molecule has 0 fully saturated rings. The summed E-state index contributed by atoms with van der Waals surface area (Å²) in [5.74, 6) is 0. The van der Waals surface area contributed by atoms with Crippen molar-refractivity contribution < 1.29 is 20.8 Å². The summed E-state index contributed by atoms with van der Waals surface area (Å²) < 4.78 is 0. The summed E-state index contributed by atoms with van der Waals surface area (Å²) >= 11 is -0.826. The number of rotatable bonds is 5. The number of benzene rings is 2. The minimum atomic E-state index is -0.826. The molecule has 0 aliphatic heterocycles. The van der Waals surface area contributed by atoms with Crippen LogP contribution in [0.4, 0.5) is 0 Å². The zero-order chi connectivity index (χ0) is 16.5. The Morgan fingerprint density at radius 1 is 0.957 bits per heavy atom. The number of unbranched alkanes of at least 4 members (excludes halogenated alkanes) is 2. The molecule has 120 valence electrons. The van der Waals surface area contributed by atoms with E-state index in [1.807, 2.05) is 0 Å². The minimum absolute atomic E-state index is 0.826. The normalized spacial score (nSPS) is 12.0. The van der Waals surface area contributed by atoms with Gasteiger partial charge in [-0.2, -0.15) is 0 Å². The van der Waals surface area contributed by atoms with Gasteiger partial charge in [-0.25, -0.2) is 0 Å². The second-order valence-electron chi connectivity index (χ2n) is 5.75. The van der Waals surface area contributed by atoms with Crippen LogP contribution in [0, 0.1) is 0 Å². The van der Waals surface area contributed by atoms with Gasteiger partial charge in [0, 0.05) is 0 Å². The molecule has 0 radical (unpaired) electrons. The zero-order valence-corrected chi connectivity index (χ0v) is 17.5. The van der Waals surface area contributed by atoms with Crippen LogP contribution in [0.1, 0.15) is 43.7 Å². The van der Waals surface area contributed by atoms with Crippen LogP contribution in [-0.2, 0) is 27.3 Å². The fraction of sp³-hybridized carbons (Fsp3) is 0.300. The molecule has 23 heavy (non-hydrogen) atoms. The standard InChI is InChI=1S/C20H22.2ClH.Zr/c1-2-3-5-9-16-14-18-12-8-13-19(20(18)15-16)17-10-6-4-7-11-17;;;/h4,6-8,10-13,15H,2-3,5,9,14H2,1H3;2*1H;/q;;;+2/p-2. The first-order valence-electron chi connectivity index (χ1n) is 8.13. The first-order valence-corrected chi connectivity index (χ1v) is 14.5. The maximum atomic E-state index is 4.93. The Morgan fingerprint density at radius 3 is 2.39 bits per heavy atom. The van der Waals surface area contributed by atoms with Crippen molar-refractivity contribution in [1.29, 1.82) is 0 Å². The van der Waals surface area contributed by atoms with Crippen molar-refractivity contribution in [1.82, 2.24) is 0 Å². The molecule has 0 spiro atoms. The van der Waals surface area contributed by atoms with Crippen LogP contribution in [0.3, 0.4) is 0 Å². The summed E-state index contributed by atoms with van der Waals surface area (Å²) in [6.45, 7) is 2.27. The fourth-order valence-electron chi connectivity index (χ4n) is 3.07. The number of halogens is 2. The van der Waals surface area contributed by atoms with Gasteiger partial charge in [-0.3, -0.25) is 0 Å². The molecule has 0 saturated heterocycles. The third-order valence-corrected chi connectivity index (χ3v) is 4.15. The van der Waals surface area contributed by atoms with Crippen LogP contribution in [0.5, 0.6) is 0 Å². The van der Waals surface area contributed by atoms with E-state index in [0.29, 0.717) is 0 Å². The van der Waals surface area contributed by atoms with E-state index in [-0.39, 0.29) is 0 Å². The number of hydrogen-bond acceptors (Lipinski definition) is 0. The zero-order valence-electron chi connectivity index (χ0n) is 13.5. The second kappa shape index (κ2) is 10.5. The van der Waals surface area contributed by atoms with E-state index in [1.54, 1.807) is 5.57 Å². The first-order chi connectivity index (χ1) is 11.3. The van der Waals surface area contributed by atoms with Crippen molar-refractivity contribution in [2.45, 2.75) is 39.0 Å². The van der Waals surface area contributed by atoms with Crippen molar-refractivity contribution in [3.05, 3.63) is 65.2 Å². The molecule has 3 heteroatoms. The van der Waals surface area contributed by atoms with Gasteiger partial charge < -0.3 is 0 Å². The number of allylic oxidation sites excluding steroid dienone is 1. The van der Waals surface area contributed by atoms with E-state index in [0.717, 1.165) is 6.42 Å². The molecule has 2 aromatic rings. The molecular formula is C20H22Cl2Zr. The number of hydrogen-bond donors (Lipinski definition) is 0. The molecular weight excluding hydrogens is 402 g/mol. The van der Waals surface area contributed by atoms with E-state index < -0.39 is 20.8 Å². The van der Waals surface area contributed by atoms with Gasteiger partial charge in [0.15, 0.2) is 0 Å². The van der Waals surface area contributed by atoms with Crippen molar-refractivity contribution in [3.8, 4) is 11.1 Å². The predicted molar refractivity (Wildman–Crippen MR) is 99.4 cm³/mol. The Labute approximate surface area is 158 Å². The maximum absolute atomic E-state index is 4.93. The van der Waals surface area contributed by atoms with E-state index >= 15 is 0 Å². The molecule has 0 heterocycles. The van der Waals surface area contributed by atoms with Gasteiger partial charge in [0.2, 0.25) is 0 Å². The van der Waals surface area contributed by atoms with Crippen molar-refractivity contribution >= 4 is 23.1 Å². The molecule has 1 aliphatic carbocycles. The Morgan fingerprint density at radius 2 is 1.70 bits per heavy atom. The van der Waals surface area contributed by atoms with Gasteiger partial charge in [-0.05, 0) is 41.5 Å². The van der Waals surface area contributed by atoms with Crippen LogP contribution in [0.25, 0.3) is 17.2 Å². The Bertz CT molecular complexity index is 635. The van der Waals surface area contributed by atoms with Crippen LogP contribution in [0.2, 0.25) is 0 Å². The van der Waals surface area contributed by atoms with Crippen molar-refractivity contribution in [2.75, 3.05) is 0 Å². The van der Waals surface area contributed by atoms with Gasteiger partial charge in [0.25, 0.3) is 0 Å². The van der Waals surface area contributed by atoms with Crippen LogP contribution in [-0.4, -0.2) is 0 Å². The number of fused-ring (bicyclic) bond motifs is 1. The summed E-state index contributed by atoms with van der Waals surface area (Å²) in [7, 11) is 9.87. The Kier molecular flexibility index (Phi) is 8.66. The van der Waals surface area contributed by atoms with Crippen LogP contribution >= 0.6 is 17.0 Å². The molecule has 0 atom stereocenters. The molecule has 0 saturated carbocycles.